The van der Waals surface area contributed by atoms with Gasteiger partial charge in [-0.1, -0.05) is 48.0 Å². The summed E-state index contributed by atoms with van der Waals surface area (Å²) in [6.07, 6.45) is 0. The molecular formula is C16H17ClN2S. The van der Waals surface area contributed by atoms with Crippen molar-refractivity contribution in [3.8, 4) is 0 Å². The molecule has 0 fully saturated rings. The second-order valence-corrected chi connectivity index (χ2v) is 5.46. The van der Waals surface area contributed by atoms with Crippen molar-refractivity contribution in [3.05, 3.63) is 64.7 Å². The van der Waals surface area contributed by atoms with Gasteiger partial charge in [0.05, 0.1) is 6.04 Å². The number of hydrogen-bond donors (Lipinski definition) is 2. The Kier molecular flexibility index (Phi) is 4.99. The van der Waals surface area contributed by atoms with Crippen LogP contribution in [0, 0.1) is 6.92 Å². The SMILES string of the molecule is Cc1c(Cl)cccc1NC(=S)N[C@H](C)c1ccccc1. The van der Waals surface area contributed by atoms with Crippen LogP contribution >= 0.6 is 23.8 Å². The molecule has 0 aromatic heterocycles. The summed E-state index contributed by atoms with van der Waals surface area (Å²) in [6.45, 7) is 4.04. The molecule has 2 nitrogen and oxygen atoms in total. The number of benzene rings is 2. The normalized spacial score (nSPS) is 11.8. The molecule has 0 amide bonds. The van der Waals surface area contributed by atoms with Gasteiger partial charge in [-0.25, -0.2) is 0 Å². The minimum absolute atomic E-state index is 0.149. The summed E-state index contributed by atoms with van der Waals surface area (Å²) < 4.78 is 0. The van der Waals surface area contributed by atoms with Gasteiger partial charge in [0, 0.05) is 10.7 Å². The number of halogens is 1. The molecular weight excluding hydrogens is 288 g/mol. The molecule has 2 N–H and O–H groups in total. The quantitative estimate of drug-likeness (QED) is 0.804. The molecule has 0 aliphatic rings. The minimum Gasteiger partial charge on any atom is -0.356 e. The fourth-order valence-corrected chi connectivity index (χ4v) is 2.38. The average Bonchev–Trinajstić information content (AvgIpc) is 2.45. The van der Waals surface area contributed by atoms with Gasteiger partial charge < -0.3 is 10.6 Å². The molecule has 104 valence electrons. The van der Waals surface area contributed by atoms with E-state index in [1.54, 1.807) is 0 Å². The standard InChI is InChI=1S/C16H17ClN2S/c1-11-14(17)9-6-10-15(11)19-16(20)18-12(2)13-7-4-3-5-8-13/h3-10,12H,1-2H3,(H2,18,19,20)/t12-/m1/s1. The van der Waals surface area contributed by atoms with Crippen LogP contribution in [-0.2, 0) is 0 Å². The van der Waals surface area contributed by atoms with E-state index in [4.69, 9.17) is 23.8 Å². The zero-order valence-corrected chi connectivity index (χ0v) is 13.1. The van der Waals surface area contributed by atoms with Gasteiger partial charge in [-0.2, -0.15) is 0 Å². The number of rotatable bonds is 3. The smallest absolute Gasteiger partial charge is 0.171 e. The molecule has 2 aromatic carbocycles. The van der Waals surface area contributed by atoms with Crippen molar-refractivity contribution in [2.24, 2.45) is 0 Å². The van der Waals surface area contributed by atoms with Gasteiger partial charge in [-0.05, 0) is 49.3 Å². The van der Waals surface area contributed by atoms with E-state index >= 15 is 0 Å². The maximum atomic E-state index is 6.10. The van der Waals surface area contributed by atoms with Crippen molar-refractivity contribution < 1.29 is 0 Å². The fourth-order valence-electron chi connectivity index (χ4n) is 1.92. The highest BCUT2D eigenvalue weighted by Gasteiger charge is 2.08. The molecule has 2 aromatic rings. The lowest BCUT2D eigenvalue weighted by atomic mass is 10.1. The molecule has 0 unspecified atom stereocenters. The van der Waals surface area contributed by atoms with Gasteiger partial charge in [-0.15, -0.1) is 0 Å². The molecule has 0 radical (unpaired) electrons. The molecule has 20 heavy (non-hydrogen) atoms. The van der Waals surface area contributed by atoms with Gasteiger partial charge in [-0.3, -0.25) is 0 Å². The van der Waals surface area contributed by atoms with Crippen LogP contribution in [0.5, 0.6) is 0 Å². The maximum Gasteiger partial charge on any atom is 0.171 e. The lowest BCUT2D eigenvalue weighted by Crippen LogP contribution is -2.31. The Labute approximate surface area is 130 Å². The first kappa shape index (κ1) is 14.8. The Morgan fingerprint density at radius 1 is 1.10 bits per heavy atom. The minimum atomic E-state index is 0.149. The third-order valence-electron chi connectivity index (χ3n) is 3.16. The van der Waals surface area contributed by atoms with Crippen molar-refractivity contribution in [3.63, 3.8) is 0 Å². The Bertz CT molecular complexity index is 599. The van der Waals surface area contributed by atoms with Gasteiger partial charge in [0.25, 0.3) is 0 Å². The summed E-state index contributed by atoms with van der Waals surface area (Å²) >= 11 is 11.4. The molecule has 0 heterocycles. The molecule has 0 bridgehead atoms. The first-order valence-corrected chi connectivity index (χ1v) is 7.24. The molecule has 0 aliphatic heterocycles. The molecule has 1 atom stereocenters. The van der Waals surface area contributed by atoms with E-state index in [0.29, 0.717) is 5.11 Å². The fraction of sp³-hybridized carbons (Fsp3) is 0.188. The zero-order chi connectivity index (χ0) is 14.5. The van der Waals surface area contributed by atoms with Crippen LogP contribution in [0.2, 0.25) is 5.02 Å². The van der Waals surface area contributed by atoms with E-state index in [2.05, 4.69) is 29.7 Å². The maximum absolute atomic E-state index is 6.10. The number of anilines is 1. The van der Waals surface area contributed by atoms with Crippen molar-refractivity contribution in [1.29, 1.82) is 0 Å². The Morgan fingerprint density at radius 2 is 1.80 bits per heavy atom. The van der Waals surface area contributed by atoms with Crippen LogP contribution < -0.4 is 10.6 Å². The average molecular weight is 305 g/mol. The van der Waals surface area contributed by atoms with E-state index in [9.17, 15) is 0 Å². The molecule has 0 saturated heterocycles. The van der Waals surface area contributed by atoms with Crippen molar-refractivity contribution in [2.45, 2.75) is 19.9 Å². The topological polar surface area (TPSA) is 24.1 Å². The van der Waals surface area contributed by atoms with Gasteiger partial charge in [0.15, 0.2) is 5.11 Å². The second kappa shape index (κ2) is 6.73. The van der Waals surface area contributed by atoms with E-state index in [1.807, 2.05) is 43.3 Å². The van der Waals surface area contributed by atoms with Crippen LogP contribution in [0.15, 0.2) is 48.5 Å². The van der Waals surface area contributed by atoms with Crippen LogP contribution in [-0.4, -0.2) is 5.11 Å². The van der Waals surface area contributed by atoms with Crippen molar-refractivity contribution >= 4 is 34.6 Å². The summed E-state index contributed by atoms with van der Waals surface area (Å²) in [5, 5.41) is 7.78. The van der Waals surface area contributed by atoms with Crippen LogP contribution in [0.4, 0.5) is 5.69 Å². The monoisotopic (exact) mass is 304 g/mol. The summed E-state index contributed by atoms with van der Waals surface area (Å²) in [5.74, 6) is 0. The molecule has 0 aliphatic carbocycles. The van der Waals surface area contributed by atoms with Crippen molar-refractivity contribution in [1.82, 2.24) is 5.32 Å². The summed E-state index contributed by atoms with van der Waals surface area (Å²) in [4.78, 5) is 0. The third-order valence-corrected chi connectivity index (χ3v) is 3.79. The largest absolute Gasteiger partial charge is 0.356 e. The highest BCUT2D eigenvalue weighted by molar-refractivity contribution is 7.80. The molecule has 2 rings (SSSR count). The first-order valence-electron chi connectivity index (χ1n) is 6.45. The summed E-state index contributed by atoms with van der Waals surface area (Å²) in [6, 6.07) is 16.1. The Hall–Kier alpha value is -1.58. The van der Waals surface area contributed by atoms with E-state index < -0.39 is 0 Å². The lowest BCUT2D eigenvalue weighted by molar-refractivity contribution is 0.722. The van der Waals surface area contributed by atoms with E-state index in [1.165, 1.54) is 5.56 Å². The van der Waals surface area contributed by atoms with Gasteiger partial charge >= 0.3 is 0 Å². The number of hydrogen-bond acceptors (Lipinski definition) is 1. The van der Waals surface area contributed by atoms with Gasteiger partial charge in [0.2, 0.25) is 0 Å². The van der Waals surface area contributed by atoms with Crippen LogP contribution in [0.3, 0.4) is 0 Å². The second-order valence-electron chi connectivity index (χ2n) is 4.64. The number of nitrogens with one attached hydrogen (secondary N) is 2. The molecule has 0 saturated carbocycles. The summed E-state index contributed by atoms with van der Waals surface area (Å²) in [5.41, 5.74) is 3.11. The Morgan fingerprint density at radius 3 is 2.50 bits per heavy atom. The molecule has 0 spiro atoms. The molecule has 4 heteroatoms. The highest BCUT2D eigenvalue weighted by Crippen LogP contribution is 2.23. The lowest BCUT2D eigenvalue weighted by Gasteiger charge is -2.18. The first-order chi connectivity index (χ1) is 9.58. The van der Waals surface area contributed by atoms with Crippen LogP contribution in [0.25, 0.3) is 0 Å². The predicted octanol–water partition coefficient (Wildman–Crippen LogP) is 4.70. The summed E-state index contributed by atoms with van der Waals surface area (Å²) in [7, 11) is 0. The Balaban J connectivity index is 2.01. The van der Waals surface area contributed by atoms with E-state index in [-0.39, 0.29) is 6.04 Å². The van der Waals surface area contributed by atoms with Crippen LogP contribution in [0.1, 0.15) is 24.1 Å². The van der Waals surface area contributed by atoms with E-state index in [0.717, 1.165) is 16.3 Å². The number of thiocarbonyl (C=S) groups is 1. The van der Waals surface area contributed by atoms with Crippen molar-refractivity contribution in [2.75, 3.05) is 5.32 Å². The predicted molar refractivity (Wildman–Crippen MR) is 90.4 cm³/mol. The zero-order valence-electron chi connectivity index (χ0n) is 11.5. The third kappa shape index (κ3) is 3.71. The highest BCUT2D eigenvalue weighted by atomic mass is 35.5. The van der Waals surface area contributed by atoms with Gasteiger partial charge in [0.1, 0.15) is 0 Å².